The van der Waals surface area contributed by atoms with Crippen molar-refractivity contribution < 1.29 is 23.1 Å². The van der Waals surface area contributed by atoms with Crippen LogP contribution >= 0.6 is 11.6 Å². The van der Waals surface area contributed by atoms with Crippen LogP contribution in [0.25, 0.3) is 0 Å². The molecular formula is C18H19ClN2O5S. The normalized spacial score (nSPS) is 16.3. The van der Waals surface area contributed by atoms with E-state index < -0.39 is 16.1 Å². The van der Waals surface area contributed by atoms with Gasteiger partial charge in [-0.15, -0.1) is 0 Å². The number of carbonyl (C=O) groups is 1. The maximum Gasteiger partial charge on any atom is 0.404 e. The van der Waals surface area contributed by atoms with Crippen LogP contribution in [0, 0.1) is 0 Å². The first kappa shape index (κ1) is 19.3. The molecule has 0 saturated heterocycles. The molecule has 7 nitrogen and oxygen atoms in total. The molecule has 1 atom stereocenters. The number of benzene rings is 2. The van der Waals surface area contributed by atoms with Crippen LogP contribution in [0.5, 0.6) is 5.75 Å². The predicted octanol–water partition coefficient (Wildman–Crippen LogP) is 3.27. The molecule has 1 aliphatic carbocycles. The van der Waals surface area contributed by atoms with E-state index in [2.05, 4.69) is 10.0 Å². The second-order valence-corrected chi connectivity index (χ2v) is 8.31. The highest BCUT2D eigenvalue weighted by Crippen LogP contribution is 2.35. The predicted molar refractivity (Wildman–Crippen MR) is 102 cm³/mol. The SMILES string of the molecule is COc1ccc(S(=O)(=O)Nc2ccc(Cl)cc2)c2c1C[C@@H](NC(=O)O)CC2. The number of methoxy groups -OCH3 is 1. The Kier molecular flexibility index (Phi) is 5.48. The highest BCUT2D eigenvalue weighted by molar-refractivity contribution is 7.92. The number of carboxylic acid groups (broad SMARTS) is 1. The smallest absolute Gasteiger partial charge is 0.404 e. The maximum atomic E-state index is 12.9. The summed E-state index contributed by atoms with van der Waals surface area (Å²) >= 11 is 5.84. The lowest BCUT2D eigenvalue weighted by Gasteiger charge is -2.27. The standard InChI is InChI=1S/C18H19ClN2O5S/c1-26-16-8-9-17(14-7-6-13(10-15(14)16)20-18(22)23)27(24,25)21-12-4-2-11(19)3-5-12/h2-5,8-9,13,20-21H,6-7,10H2,1H3,(H,22,23)/t13-/m0/s1. The van der Waals surface area contributed by atoms with E-state index in [4.69, 9.17) is 21.4 Å². The third kappa shape index (κ3) is 4.28. The van der Waals surface area contributed by atoms with Crippen LogP contribution in [-0.2, 0) is 22.9 Å². The molecule has 27 heavy (non-hydrogen) atoms. The molecule has 0 spiro atoms. The summed E-state index contributed by atoms with van der Waals surface area (Å²) in [6.45, 7) is 0. The Balaban J connectivity index is 1.97. The molecule has 0 bridgehead atoms. The van der Waals surface area contributed by atoms with Crippen molar-refractivity contribution in [1.82, 2.24) is 5.32 Å². The molecule has 0 aromatic heterocycles. The number of ether oxygens (including phenoxy) is 1. The minimum absolute atomic E-state index is 0.169. The number of fused-ring (bicyclic) bond motifs is 1. The van der Waals surface area contributed by atoms with Gasteiger partial charge in [-0.05, 0) is 61.2 Å². The van der Waals surface area contributed by atoms with Gasteiger partial charge in [0.15, 0.2) is 0 Å². The minimum Gasteiger partial charge on any atom is -0.496 e. The molecule has 0 saturated carbocycles. The number of anilines is 1. The quantitative estimate of drug-likeness (QED) is 0.701. The molecule has 144 valence electrons. The zero-order valence-electron chi connectivity index (χ0n) is 14.5. The summed E-state index contributed by atoms with van der Waals surface area (Å²) in [5.74, 6) is 0.548. The van der Waals surface area contributed by atoms with E-state index >= 15 is 0 Å². The molecule has 1 amide bonds. The molecule has 0 unspecified atom stereocenters. The molecule has 2 aromatic carbocycles. The lowest BCUT2D eigenvalue weighted by molar-refractivity contribution is 0.188. The van der Waals surface area contributed by atoms with Gasteiger partial charge in [-0.2, -0.15) is 0 Å². The van der Waals surface area contributed by atoms with Gasteiger partial charge < -0.3 is 15.2 Å². The average Bonchev–Trinajstić information content (AvgIpc) is 2.62. The molecule has 9 heteroatoms. The average molecular weight is 411 g/mol. The van der Waals surface area contributed by atoms with Crippen molar-refractivity contribution in [2.75, 3.05) is 11.8 Å². The van der Waals surface area contributed by atoms with Crippen molar-refractivity contribution in [3.8, 4) is 5.75 Å². The lowest BCUT2D eigenvalue weighted by Crippen LogP contribution is -2.38. The van der Waals surface area contributed by atoms with E-state index in [-0.39, 0.29) is 10.9 Å². The molecule has 3 N–H and O–H groups in total. The van der Waals surface area contributed by atoms with Crippen LogP contribution < -0.4 is 14.8 Å². The van der Waals surface area contributed by atoms with Crippen LogP contribution in [0.2, 0.25) is 5.02 Å². The van der Waals surface area contributed by atoms with Crippen molar-refractivity contribution >= 4 is 33.4 Å². The molecule has 3 rings (SSSR count). The number of hydrogen-bond donors (Lipinski definition) is 3. The minimum atomic E-state index is -3.82. The van der Waals surface area contributed by atoms with Gasteiger partial charge >= 0.3 is 6.09 Å². The van der Waals surface area contributed by atoms with Crippen LogP contribution in [-0.4, -0.2) is 32.8 Å². The second-order valence-electron chi connectivity index (χ2n) is 6.22. The summed E-state index contributed by atoms with van der Waals surface area (Å²) in [5, 5.41) is 11.9. The van der Waals surface area contributed by atoms with Gasteiger partial charge in [-0.3, -0.25) is 4.72 Å². The molecule has 0 radical (unpaired) electrons. The van der Waals surface area contributed by atoms with E-state index in [9.17, 15) is 13.2 Å². The third-order valence-corrected chi connectivity index (χ3v) is 6.19. The molecule has 0 heterocycles. The Bertz CT molecular complexity index is 960. The maximum absolute atomic E-state index is 12.9. The van der Waals surface area contributed by atoms with Crippen molar-refractivity contribution in [2.45, 2.75) is 30.2 Å². The summed E-state index contributed by atoms with van der Waals surface area (Å²) in [7, 11) is -2.31. The number of nitrogens with one attached hydrogen (secondary N) is 2. The Hall–Kier alpha value is -2.45. The van der Waals surface area contributed by atoms with Crippen molar-refractivity contribution in [1.29, 1.82) is 0 Å². The first-order valence-corrected chi connectivity index (χ1v) is 10.1. The van der Waals surface area contributed by atoms with Gasteiger partial charge in [0.05, 0.1) is 12.0 Å². The summed E-state index contributed by atoms with van der Waals surface area (Å²) in [6.07, 6.45) is 0.204. The first-order chi connectivity index (χ1) is 12.8. The lowest BCUT2D eigenvalue weighted by atomic mass is 9.87. The zero-order valence-corrected chi connectivity index (χ0v) is 16.1. The van der Waals surface area contributed by atoms with Gasteiger partial charge in [0, 0.05) is 22.3 Å². The van der Waals surface area contributed by atoms with E-state index in [0.29, 0.717) is 46.8 Å². The van der Waals surface area contributed by atoms with Crippen LogP contribution in [0.3, 0.4) is 0 Å². The van der Waals surface area contributed by atoms with Gasteiger partial charge in [-0.25, -0.2) is 13.2 Å². The van der Waals surface area contributed by atoms with Crippen LogP contribution in [0.15, 0.2) is 41.3 Å². The molecule has 0 aliphatic heterocycles. The summed E-state index contributed by atoms with van der Waals surface area (Å²) in [6, 6.07) is 9.20. The van der Waals surface area contributed by atoms with E-state index in [1.54, 1.807) is 30.3 Å². The fraction of sp³-hybridized carbons (Fsp3) is 0.278. The Morgan fingerprint density at radius 1 is 1.19 bits per heavy atom. The fourth-order valence-electron chi connectivity index (χ4n) is 3.28. The van der Waals surface area contributed by atoms with Gasteiger partial charge in [0.25, 0.3) is 10.0 Å². The number of halogens is 1. The molecule has 1 aliphatic rings. The van der Waals surface area contributed by atoms with Gasteiger partial charge in [-0.1, -0.05) is 11.6 Å². The van der Waals surface area contributed by atoms with Gasteiger partial charge in [0.2, 0.25) is 0 Å². The highest BCUT2D eigenvalue weighted by Gasteiger charge is 2.29. The number of amides is 1. The van der Waals surface area contributed by atoms with E-state index in [1.807, 2.05) is 0 Å². The monoisotopic (exact) mass is 410 g/mol. The second kappa shape index (κ2) is 7.66. The molecular weight excluding hydrogens is 392 g/mol. The first-order valence-electron chi connectivity index (χ1n) is 8.26. The topological polar surface area (TPSA) is 105 Å². The highest BCUT2D eigenvalue weighted by atomic mass is 35.5. The van der Waals surface area contributed by atoms with E-state index in [0.717, 1.165) is 0 Å². The number of hydrogen-bond acceptors (Lipinski definition) is 4. The van der Waals surface area contributed by atoms with Crippen molar-refractivity contribution in [3.05, 3.63) is 52.5 Å². The largest absolute Gasteiger partial charge is 0.496 e. The van der Waals surface area contributed by atoms with Crippen LogP contribution in [0.1, 0.15) is 17.5 Å². The number of rotatable bonds is 5. The summed E-state index contributed by atoms with van der Waals surface area (Å²) in [5.41, 5.74) is 1.77. The Morgan fingerprint density at radius 3 is 2.52 bits per heavy atom. The van der Waals surface area contributed by atoms with Crippen molar-refractivity contribution in [3.63, 3.8) is 0 Å². The Morgan fingerprint density at radius 2 is 1.89 bits per heavy atom. The van der Waals surface area contributed by atoms with Crippen molar-refractivity contribution in [2.24, 2.45) is 0 Å². The van der Waals surface area contributed by atoms with Crippen LogP contribution in [0.4, 0.5) is 10.5 Å². The number of sulfonamides is 1. The third-order valence-electron chi connectivity index (χ3n) is 4.47. The van der Waals surface area contributed by atoms with E-state index in [1.165, 1.54) is 13.2 Å². The summed E-state index contributed by atoms with van der Waals surface area (Å²) in [4.78, 5) is 11.1. The molecule has 2 aromatic rings. The zero-order chi connectivity index (χ0) is 19.6. The fourth-order valence-corrected chi connectivity index (χ4v) is 4.76. The molecule has 0 fully saturated rings. The van der Waals surface area contributed by atoms with Gasteiger partial charge in [0.1, 0.15) is 5.75 Å². The summed E-state index contributed by atoms with van der Waals surface area (Å²) < 4.78 is 33.8. The Labute approximate surface area is 162 Å².